The fourth-order valence-corrected chi connectivity index (χ4v) is 3.21. The van der Waals surface area contributed by atoms with Crippen molar-refractivity contribution in [2.24, 2.45) is 0 Å². The molecule has 0 amide bonds. The lowest BCUT2D eigenvalue weighted by Gasteiger charge is -2.23. The van der Waals surface area contributed by atoms with Gasteiger partial charge >= 0.3 is 10.1 Å². The van der Waals surface area contributed by atoms with Crippen LogP contribution < -0.4 is 9.47 Å². The maximum Gasteiger partial charge on any atom is 0.301 e. The van der Waals surface area contributed by atoms with Gasteiger partial charge < -0.3 is 14.6 Å². The molecule has 0 radical (unpaired) electrons. The van der Waals surface area contributed by atoms with Crippen LogP contribution in [0.3, 0.4) is 0 Å². The minimum absolute atomic E-state index is 0.0820. The molecule has 0 saturated heterocycles. The molecule has 0 aliphatic carbocycles. The van der Waals surface area contributed by atoms with E-state index < -0.39 is 20.8 Å². The minimum atomic E-state index is -4.63. The monoisotopic (exact) mass is 318 g/mol. The zero-order valence-electron chi connectivity index (χ0n) is 12.9. The first-order chi connectivity index (χ1) is 9.74. The van der Waals surface area contributed by atoms with Gasteiger partial charge in [0.1, 0.15) is 11.5 Å². The predicted molar refractivity (Wildman–Crippen MR) is 79.1 cm³/mol. The van der Waals surface area contributed by atoms with Crippen molar-refractivity contribution in [2.75, 3.05) is 14.2 Å². The Labute approximate surface area is 125 Å². The second kappa shape index (κ2) is 6.53. The average Bonchev–Trinajstić information content (AvgIpc) is 2.43. The molecule has 0 aliphatic heterocycles. The highest BCUT2D eigenvalue weighted by Crippen LogP contribution is 2.48. The van der Waals surface area contributed by atoms with E-state index >= 15 is 0 Å². The first kappa shape index (κ1) is 17.6. The Bertz CT molecular complexity index is 621. The molecule has 1 atom stereocenters. The summed E-state index contributed by atoms with van der Waals surface area (Å²) >= 11 is 0. The van der Waals surface area contributed by atoms with Crippen molar-refractivity contribution in [2.45, 2.75) is 44.4 Å². The van der Waals surface area contributed by atoms with Gasteiger partial charge in [-0.15, -0.1) is 0 Å². The highest BCUT2D eigenvalue weighted by molar-refractivity contribution is 7.86. The van der Waals surface area contributed by atoms with Crippen molar-refractivity contribution in [1.29, 1.82) is 0 Å². The third-order valence-corrected chi connectivity index (χ3v) is 4.49. The van der Waals surface area contributed by atoms with Gasteiger partial charge in [0.15, 0.2) is 10.6 Å². The van der Waals surface area contributed by atoms with Crippen molar-refractivity contribution in [3.05, 3.63) is 11.1 Å². The normalized spacial score (nSPS) is 13.0. The van der Waals surface area contributed by atoms with Gasteiger partial charge in [0, 0.05) is 11.1 Å². The average molecular weight is 318 g/mol. The second-order valence-corrected chi connectivity index (χ2v) is 6.13. The van der Waals surface area contributed by atoms with Gasteiger partial charge in [-0.3, -0.25) is 4.55 Å². The molecule has 0 aromatic heterocycles. The highest BCUT2D eigenvalue weighted by atomic mass is 32.2. The Hall–Kier alpha value is -1.47. The minimum Gasteiger partial charge on any atom is -0.506 e. The Morgan fingerprint density at radius 1 is 1.14 bits per heavy atom. The van der Waals surface area contributed by atoms with Crippen LogP contribution in [0, 0.1) is 0 Å². The van der Waals surface area contributed by atoms with Gasteiger partial charge in [-0.1, -0.05) is 20.8 Å². The number of aromatic hydroxyl groups is 1. The summed E-state index contributed by atoms with van der Waals surface area (Å²) in [5, 5.41) is 10.4. The highest BCUT2D eigenvalue weighted by Gasteiger charge is 2.32. The maximum absolute atomic E-state index is 11.6. The van der Waals surface area contributed by atoms with Crippen LogP contribution in [-0.2, 0) is 16.5 Å². The molecular formula is C14H22O6S. The zero-order chi connectivity index (χ0) is 16.4. The third-order valence-electron chi connectivity index (χ3n) is 3.59. The summed E-state index contributed by atoms with van der Waals surface area (Å²) < 4.78 is 43.2. The van der Waals surface area contributed by atoms with Crippen molar-refractivity contribution < 1.29 is 27.6 Å². The van der Waals surface area contributed by atoms with E-state index in [4.69, 9.17) is 9.47 Å². The lowest BCUT2D eigenvalue weighted by Crippen LogP contribution is -2.10. The SMILES string of the molecule is CCc1c(OC)c(C(C)CC)c(O)c(S(=O)(=O)O)c1OC. The summed E-state index contributed by atoms with van der Waals surface area (Å²) in [4.78, 5) is -0.599. The van der Waals surface area contributed by atoms with Gasteiger partial charge in [0.25, 0.3) is 0 Å². The molecule has 0 saturated carbocycles. The molecule has 1 aromatic rings. The maximum atomic E-state index is 11.6. The molecule has 7 heteroatoms. The van der Waals surface area contributed by atoms with E-state index in [9.17, 15) is 18.1 Å². The third kappa shape index (κ3) is 3.08. The van der Waals surface area contributed by atoms with E-state index in [1.807, 2.05) is 20.8 Å². The Morgan fingerprint density at radius 3 is 2.00 bits per heavy atom. The smallest absolute Gasteiger partial charge is 0.301 e. The van der Waals surface area contributed by atoms with Crippen LogP contribution in [-0.4, -0.2) is 32.3 Å². The van der Waals surface area contributed by atoms with Crippen molar-refractivity contribution in [3.63, 3.8) is 0 Å². The number of methoxy groups -OCH3 is 2. The molecule has 0 bridgehead atoms. The molecule has 0 fully saturated rings. The van der Waals surface area contributed by atoms with Crippen LogP contribution in [0.1, 0.15) is 44.2 Å². The molecule has 1 rings (SSSR count). The van der Waals surface area contributed by atoms with Gasteiger partial charge in [0.05, 0.1) is 14.2 Å². The summed E-state index contributed by atoms with van der Waals surface area (Å²) in [5.41, 5.74) is 0.867. The molecule has 6 nitrogen and oxygen atoms in total. The van der Waals surface area contributed by atoms with Crippen LogP contribution in [0.25, 0.3) is 0 Å². The number of ether oxygens (including phenoxy) is 2. The number of benzene rings is 1. The first-order valence-electron chi connectivity index (χ1n) is 6.71. The van der Waals surface area contributed by atoms with Crippen LogP contribution in [0.2, 0.25) is 0 Å². The molecule has 21 heavy (non-hydrogen) atoms. The molecule has 0 aliphatic rings. The van der Waals surface area contributed by atoms with E-state index in [1.165, 1.54) is 14.2 Å². The van der Waals surface area contributed by atoms with Crippen LogP contribution >= 0.6 is 0 Å². The quantitative estimate of drug-likeness (QED) is 0.783. The topological polar surface area (TPSA) is 93.1 Å². The van der Waals surface area contributed by atoms with Crippen LogP contribution in [0.4, 0.5) is 0 Å². The fraction of sp³-hybridized carbons (Fsp3) is 0.571. The summed E-state index contributed by atoms with van der Waals surface area (Å²) in [6.45, 7) is 5.56. The van der Waals surface area contributed by atoms with Gasteiger partial charge in [-0.25, -0.2) is 0 Å². The number of hydrogen-bond acceptors (Lipinski definition) is 5. The lowest BCUT2D eigenvalue weighted by atomic mass is 9.93. The number of phenolic OH excluding ortho intramolecular Hbond substituents is 1. The standard InChI is InChI=1S/C14H22O6S/c1-6-8(3)10-11(15)14(21(16,17)18)13(20-5)9(7-2)12(10)19-4/h8,15H,6-7H2,1-5H3,(H,16,17,18). The van der Waals surface area contributed by atoms with Gasteiger partial charge in [-0.05, 0) is 18.8 Å². The Balaban J connectivity index is 3.99. The van der Waals surface area contributed by atoms with Crippen LogP contribution in [0.15, 0.2) is 4.90 Å². The molecule has 2 N–H and O–H groups in total. The van der Waals surface area contributed by atoms with Crippen molar-refractivity contribution in [1.82, 2.24) is 0 Å². The molecule has 1 unspecified atom stereocenters. The molecule has 0 heterocycles. The summed E-state index contributed by atoms with van der Waals surface area (Å²) in [6, 6.07) is 0. The van der Waals surface area contributed by atoms with E-state index in [2.05, 4.69) is 0 Å². The number of hydrogen-bond donors (Lipinski definition) is 2. The second-order valence-electron chi connectivity index (χ2n) is 4.77. The summed E-state index contributed by atoms with van der Waals surface area (Å²) in [6.07, 6.45) is 1.10. The van der Waals surface area contributed by atoms with E-state index in [0.29, 0.717) is 29.7 Å². The van der Waals surface area contributed by atoms with E-state index in [-0.39, 0.29) is 11.7 Å². The fourth-order valence-electron chi connectivity index (χ4n) is 2.41. The van der Waals surface area contributed by atoms with Crippen LogP contribution in [0.5, 0.6) is 17.2 Å². The molecule has 120 valence electrons. The predicted octanol–water partition coefficient (Wildman–Crippen LogP) is 2.73. The Morgan fingerprint density at radius 2 is 1.67 bits per heavy atom. The largest absolute Gasteiger partial charge is 0.506 e. The molecule has 0 spiro atoms. The summed E-state index contributed by atoms with van der Waals surface area (Å²) in [5.74, 6) is -0.343. The molecular weight excluding hydrogens is 296 g/mol. The first-order valence-corrected chi connectivity index (χ1v) is 8.15. The number of phenols is 1. The van der Waals surface area contributed by atoms with Gasteiger partial charge in [-0.2, -0.15) is 8.42 Å². The summed E-state index contributed by atoms with van der Waals surface area (Å²) in [7, 11) is -1.90. The van der Waals surface area contributed by atoms with Crippen molar-refractivity contribution >= 4 is 10.1 Å². The molecule has 1 aromatic carbocycles. The Kier molecular flexibility index (Phi) is 5.47. The lowest BCUT2D eigenvalue weighted by molar-refractivity contribution is 0.351. The van der Waals surface area contributed by atoms with Gasteiger partial charge in [0.2, 0.25) is 0 Å². The zero-order valence-corrected chi connectivity index (χ0v) is 13.7. The van der Waals surface area contributed by atoms with Crippen molar-refractivity contribution in [3.8, 4) is 17.2 Å². The van der Waals surface area contributed by atoms with E-state index in [0.717, 1.165) is 0 Å². The number of rotatable bonds is 6. The van der Waals surface area contributed by atoms with E-state index in [1.54, 1.807) is 0 Å².